The van der Waals surface area contributed by atoms with Crippen LogP contribution in [0, 0.1) is 0 Å². The summed E-state index contributed by atoms with van der Waals surface area (Å²) in [5, 5.41) is 2.84. The summed E-state index contributed by atoms with van der Waals surface area (Å²) in [6.07, 6.45) is 0.987. The van der Waals surface area contributed by atoms with Crippen LogP contribution in [-0.2, 0) is 10.0 Å². The molecule has 1 aliphatic rings. The number of rotatable bonds is 6. The lowest BCUT2D eigenvalue weighted by atomic mass is 10.1. The van der Waals surface area contributed by atoms with E-state index in [0.29, 0.717) is 31.7 Å². The van der Waals surface area contributed by atoms with Crippen molar-refractivity contribution >= 4 is 10.0 Å². The summed E-state index contributed by atoms with van der Waals surface area (Å²) in [6.45, 7) is 10.5. The van der Waals surface area contributed by atoms with Crippen LogP contribution < -0.4 is 5.32 Å². The van der Waals surface area contributed by atoms with E-state index in [4.69, 9.17) is 0 Å². The molecule has 0 saturated carbocycles. The van der Waals surface area contributed by atoms with Gasteiger partial charge in [-0.25, -0.2) is 8.42 Å². The van der Waals surface area contributed by atoms with Crippen molar-refractivity contribution in [3.8, 4) is 0 Å². The Labute approximate surface area is 118 Å². The average molecular weight is 291 g/mol. The van der Waals surface area contributed by atoms with Crippen molar-refractivity contribution in [1.82, 2.24) is 14.5 Å². The zero-order chi connectivity index (χ0) is 14.6. The third-order valence-electron chi connectivity index (χ3n) is 3.89. The van der Waals surface area contributed by atoms with Crippen molar-refractivity contribution in [2.45, 2.75) is 51.4 Å². The molecule has 5 nitrogen and oxygen atoms in total. The molecule has 0 aromatic rings. The fourth-order valence-electron chi connectivity index (χ4n) is 2.35. The van der Waals surface area contributed by atoms with E-state index in [0.717, 1.165) is 13.0 Å². The van der Waals surface area contributed by atoms with Crippen molar-refractivity contribution in [1.29, 1.82) is 0 Å². The Kier molecular flexibility index (Phi) is 6.23. The van der Waals surface area contributed by atoms with E-state index < -0.39 is 10.0 Å². The molecule has 2 unspecified atom stereocenters. The van der Waals surface area contributed by atoms with E-state index in [9.17, 15) is 8.42 Å². The van der Waals surface area contributed by atoms with Crippen LogP contribution in [0.25, 0.3) is 0 Å². The number of nitrogens with zero attached hydrogens (tertiary/aromatic N) is 2. The number of hydrogen-bond acceptors (Lipinski definition) is 4. The molecule has 6 heteroatoms. The van der Waals surface area contributed by atoms with Crippen molar-refractivity contribution < 1.29 is 8.42 Å². The van der Waals surface area contributed by atoms with Crippen LogP contribution in [0.4, 0.5) is 0 Å². The maximum atomic E-state index is 12.5. The minimum Gasteiger partial charge on any atom is -0.313 e. The van der Waals surface area contributed by atoms with Gasteiger partial charge < -0.3 is 10.2 Å². The van der Waals surface area contributed by atoms with Gasteiger partial charge in [0.25, 0.3) is 0 Å². The summed E-state index contributed by atoms with van der Waals surface area (Å²) in [4.78, 5) is 2.25. The molecule has 1 N–H and O–H groups in total. The highest BCUT2D eigenvalue weighted by Gasteiger charge is 2.34. The van der Waals surface area contributed by atoms with Gasteiger partial charge in [-0.15, -0.1) is 0 Å². The second-order valence-electron chi connectivity index (χ2n) is 5.82. The number of hydrogen-bond donors (Lipinski definition) is 1. The van der Waals surface area contributed by atoms with Gasteiger partial charge >= 0.3 is 0 Å². The summed E-state index contributed by atoms with van der Waals surface area (Å²) in [5.41, 5.74) is 0. The number of piperazine rings is 1. The fraction of sp³-hybridized carbons (Fsp3) is 1.00. The lowest BCUT2D eigenvalue weighted by Gasteiger charge is -2.39. The first-order valence-electron chi connectivity index (χ1n) is 7.21. The average Bonchev–Trinajstić information content (AvgIpc) is 2.35. The van der Waals surface area contributed by atoms with Crippen LogP contribution >= 0.6 is 0 Å². The molecule has 1 heterocycles. The van der Waals surface area contributed by atoms with Crippen molar-refractivity contribution in [2.75, 3.05) is 33.2 Å². The number of sulfonamides is 1. The molecule has 1 saturated heterocycles. The summed E-state index contributed by atoms with van der Waals surface area (Å²) < 4.78 is 26.7. The van der Waals surface area contributed by atoms with Crippen LogP contribution in [0.2, 0.25) is 0 Å². The van der Waals surface area contributed by atoms with E-state index in [1.54, 1.807) is 11.2 Å². The Morgan fingerprint density at radius 3 is 2.42 bits per heavy atom. The zero-order valence-corrected chi connectivity index (χ0v) is 13.7. The molecule has 2 atom stereocenters. The Hall–Kier alpha value is -0.170. The van der Waals surface area contributed by atoms with Gasteiger partial charge in [0.2, 0.25) is 10.0 Å². The molecular formula is C13H29N3O2S. The topological polar surface area (TPSA) is 52.7 Å². The summed E-state index contributed by atoms with van der Waals surface area (Å²) in [6, 6.07) is 0.655. The number of likely N-dealkylation sites (N-methyl/N-ethyl adjacent to an activating group) is 1. The molecule has 0 aromatic carbocycles. The molecular weight excluding hydrogens is 262 g/mol. The molecule has 0 spiro atoms. The first-order valence-corrected chi connectivity index (χ1v) is 8.72. The van der Waals surface area contributed by atoms with Gasteiger partial charge in [0, 0.05) is 38.3 Å². The molecule has 0 aliphatic carbocycles. The molecule has 1 aliphatic heterocycles. The van der Waals surface area contributed by atoms with Crippen molar-refractivity contribution in [2.24, 2.45) is 0 Å². The summed E-state index contributed by atoms with van der Waals surface area (Å²) >= 11 is 0. The standard InChI is InChI=1S/C13H29N3O2S/c1-6-13-10-16(8-7-15(13)5)19(17,18)12(4)9-14-11(2)3/h11-14H,6-10H2,1-5H3. The largest absolute Gasteiger partial charge is 0.313 e. The second kappa shape index (κ2) is 7.02. The zero-order valence-electron chi connectivity index (χ0n) is 12.9. The van der Waals surface area contributed by atoms with Gasteiger partial charge in [-0.3, -0.25) is 0 Å². The maximum absolute atomic E-state index is 12.5. The highest BCUT2D eigenvalue weighted by molar-refractivity contribution is 7.89. The third-order valence-corrected chi connectivity index (χ3v) is 6.13. The van der Waals surface area contributed by atoms with Crippen LogP contribution in [0.15, 0.2) is 0 Å². The van der Waals surface area contributed by atoms with Gasteiger partial charge in [0.15, 0.2) is 0 Å². The molecule has 0 aromatic heterocycles. The fourth-order valence-corrected chi connectivity index (χ4v) is 3.88. The first kappa shape index (κ1) is 16.9. The van der Waals surface area contributed by atoms with E-state index >= 15 is 0 Å². The van der Waals surface area contributed by atoms with Gasteiger partial charge in [0.05, 0.1) is 5.25 Å². The highest BCUT2D eigenvalue weighted by Crippen LogP contribution is 2.17. The Morgan fingerprint density at radius 1 is 1.26 bits per heavy atom. The Balaban J connectivity index is 2.66. The van der Waals surface area contributed by atoms with Gasteiger partial charge in [-0.1, -0.05) is 20.8 Å². The van der Waals surface area contributed by atoms with Crippen LogP contribution in [-0.4, -0.2) is 68.2 Å². The van der Waals surface area contributed by atoms with Gasteiger partial charge in [-0.2, -0.15) is 4.31 Å². The van der Waals surface area contributed by atoms with E-state index in [1.165, 1.54) is 0 Å². The molecule has 0 bridgehead atoms. The van der Waals surface area contributed by atoms with Crippen molar-refractivity contribution in [3.63, 3.8) is 0 Å². The SMILES string of the molecule is CCC1CN(S(=O)(=O)C(C)CNC(C)C)CCN1C. The highest BCUT2D eigenvalue weighted by atomic mass is 32.2. The first-order chi connectivity index (χ1) is 8.78. The van der Waals surface area contributed by atoms with Crippen LogP contribution in [0.5, 0.6) is 0 Å². The van der Waals surface area contributed by atoms with Crippen LogP contribution in [0.1, 0.15) is 34.1 Å². The smallest absolute Gasteiger partial charge is 0.218 e. The van der Waals surface area contributed by atoms with Gasteiger partial charge in [0.1, 0.15) is 0 Å². The monoisotopic (exact) mass is 291 g/mol. The minimum atomic E-state index is -3.18. The molecule has 0 radical (unpaired) electrons. The minimum absolute atomic E-state index is 0.313. The number of nitrogens with one attached hydrogen (secondary N) is 1. The quantitative estimate of drug-likeness (QED) is 0.784. The van der Waals surface area contributed by atoms with E-state index in [2.05, 4.69) is 24.2 Å². The van der Waals surface area contributed by atoms with Crippen molar-refractivity contribution in [3.05, 3.63) is 0 Å². The van der Waals surface area contributed by atoms with Crippen LogP contribution in [0.3, 0.4) is 0 Å². The second-order valence-corrected chi connectivity index (χ2v) is 8.17. The van der Waals surface area contributed by atoms with Gasteiger partial charge in [-0.05, 0) is 20.4 Å². The Morgan fingerprint density at radius 2 is 1.89 bits per heavy atom. The lowest BCUT2D eigenvalue weighted by molar-refractivity contribution is 0.143. The predicted molar refractivity (Wildman–Crippen MR) is 79.8 cm³/mol. The summed E-state index contributed by atoms with van der Waals surface area (Å²) in [5.74, 6) is 0. The summed E-state index contributed by atoms with van der Waals surface area (Å²) in [7, 11) is -1.11. The molecule has 1 rings (SSSR count). The lowest BCUT2D eigenvalue weighted by Crippen LogP contribution is -2.55. The maximum Gasteiger partial charge on any atom is 0.218 e. The third kappa shape index (κ3) is 4.41. The van der Waals surface area contributed by atoms with E-state index in [-0.39, 0.29) is 5.25 Å². The Bertz CT molecular complexity index is 370. The van der Waals surface area contributed by atoms with E-state index in [1.807, 2.05) is 13.8 Å². The molecule has 114 valence electrons. The normalized spacial score (nSPS) is 24.8. The predicted octanol–water partition coefficient (Wildman–Crippen LogP) is 0.729. The molecule has 1 fully saturated rings. The molecule has 0 amide bonds. The molecule has 19 heavy (non-hydrogen) atoms.